The SMILES string of the molecule is COc1ccc(C2=NN(C(=O)CCCC(=O)O)C(c3ccccc3F)C2)cc1. The summed E-state index contributed by atoms with van der Waals surface area (Å²) < 4.78 is 19.5. The lowest BCUT2D eigenvalue weighted by Gasteiger charge is -2.22. The summed E-state index contributed by atoms with van der Waals surface area (Å²) in [7, 11) is 1.58. The van der Waals surface area contributed by atoms with Crippen LogP contribution < -0.4 is 4.74 Å². The number of hydrogen-bond donors (Lipinski definition) is 1. The second-order valence-corrected chi connectivity index (χ2v) is 6.50. The first-order chi connectivity index (χ1) is 13.5. The van der Waals surface area contributed by atoms with Gasteiger partial charge in [0, 0.05) is 24.8 Å². The number of nitrogens with zero attached hydrogens (tertiary/aromatic N) is 2. The highest BCUT2D eigenvalue weighted by Gasteiger charge is 2.34. The number of carboxylic acids is 1. The van der Waals surface area contributed by atoms with E-state index in [4.69, 9.17) is 9.84 Å². The Hall–Kier alpha value is -3.22. The Morgan fingerprint density at radius 3 is 2.54 bits per heavy atom. The van der Waals surface area contributed by atoms with Gasteiger partial charge in [-0.3, -0.25) is 9.59 Å². The average Bonchev–Trinajstić information content (AvgIpc) is 3.13. The van der Waals surface area contributed by atoms with Crippen LogP contribution in [0.1, 0.15) is 42.9 Å². The van der Waals surface area contributed by atoms with Crippen molar-refractivity contribution < 1.29 is 23.8 Å². The first-order valence-corrected chi connectivity index (χ1v) is 8.99. The Morgan fingerprint density at radius 2 is 1.89 bits per heavy atom. The van der Waals surface area contributed by atoms with Gasteiger partial charge in [-0.1, -0.05) is 18.2 Å². The van der Waals surface area contributed by atoms with E-state index in [2.05, 4.69) is 5.10 Å². The van der Waals surface area contributed by atoms with Crippen LogP contribution in [0.2, 0.25) is 0 Å². The van der Waals surface area contributed by atoms with Gasteiger partial charge in [-0.05, 0) is 42.3 Å². The Labute approximate surface area is 162 Å². The van der Waals surface area contributed by atoms with E-state index in [9.17, 15) is 14.0 Å². The van der Waals surface area contributed by atoms with Crippen LogP contribution in [0.4, 0.5) is 4.39 Å². The fraction of sp³-hybridized carbons (Fsp3) is 0.286. The van der Waals surface area contributed by atoms with Gasteiger partial charge in [0.15, 0.2) is 0 Å². The molecule has 0 saturated carbocycles. The molecule has 1 amide bonds. The Morgan fingerprint density at radius 1 is 1.18 bits per heavy atom. The van der Waals surface area contributed by atoms with Crippen LogP contribution in [0.5, 0.6) is 5.75 Å². The molecule has 2 aromatic rings. The summed E-state index contributed by atoms with van der Waals surface area (Å²) in [4.78, 5) is 23.4. The highest BCUT2D eigenvalue weighted by molar-refractivity contribution is 6.03. The number of carboxylic acid groups (broad SMARTS) is 1. The molecule has 7 heteroatoms. The van der Waals surface area contributed by atoms with Gasteiger partial charge >= 0.3 is 5.97 Å². The van der Waals surface area contributed by atoms with Gasteiger partial charge in [0.2, 0.25) is 5.91 Å². The molecule has 1 heterocycles. The molecular formula is C21H21FN2O4. The number of benzene rings is 2. The third-order valence-electron chi connectivity index (χ3n) is 4.63. The third-order valence-corrected chi connectivity index (χ3v) is 4.63. The van der Waals surface area contributed by atoms with Crippen molar-refractivity contribution in [2.75, 3.05) is 7.11 Å². The van der Waals surface area contributed by atoms with Crippen molar-refractivity contribution in [3.63, 3.8) is 0 Å². The van der Waals surface area contributed by atoms with Gasteiger partial charge < -0.3 is 9.84 Å². The fourth-order valence-corrected chi connectivity index (χ4v) is 3.19. The summed E-state index contributed by atoms with van der Waals surface area (Å²) in [5.74, 6) is -0.975. The van der Waals surface area contributed by atoms with Crippen LogP contribution in [0.3, 0.4) is 0 Å². The highest BCUT2D eigenvalue weighted by atomic mass is 19.1. The molecule has 1 aliphatic rings. The second kappa shape index (κ2) is 8.65. The molecule has 2 aromatic carbocycles. The van der Waals surface area contributed by atoms with Crippen molar-refractivity contribution >= 4 is 17.6 Å². The van der Waals surface area contributed by atoms with E-state index in [1.165, 1.54) is 11.1 Å². The maximum Gasteiger partial charge on any atom is 0.303 e. The van der Waals surface area contributed by atoms with Crippen molar-refractivity contribution in [3.8, 4) is 5.75 Å². The molecule has 1 atom stereocenters. The molecule has 0 aromatic heterocycles. The van der Waals surface area contributed by atoms with Crippen LogP contribution in [0.15, 0.2) is 53.6 Å². The second-order valence-electron chi connectivity index (χ2n) is 6.50. The molecule has 0 radical (unpaired) electrons. The number of halogens is 1. The molecule has 0 fully saturated rings. The maximum atomic E-state index is 14.4. The fourth-order valence-electron chi connectivity index (χ4n) is 3.19. The molecule has 0 saturated heterocycles. The summed E-state index contributed by atoms with van der Waals surface area (Å²) in [6, 6.07) is 13.0. The minimum Gasteiger partial charge on any atom is -0.497 e. The van der Waals surface area contributed by atoms with Crippen molar-refractivity contribution in [2.24, 2.45) is 5.10 Å². The molecule has 3 rings (SSSR count). The van der Waals surface area contributed by atoms with Crippen LogP contribution in [-0.4, -0.2) is 34.8 Å². The Balaban J connectivity index is 1.87. The molecule has 0 aliphatic carbocycles. The minimum absolute atomic E-state index is 0.0383. The lowest BCUT2D eigenvalue weighted by molar-refractivity contribution is -0.137. The van der Waals surface area contributed by atoms with Crippen LogP contribution in [0.25, 0.3) is 0 Å². The van der Waals surface area contributed by atoms with Crippen molar-refractivity contribution in [2.45, 2.75) is 31.7 Å². The molecule has 1 unspecified atom stereocenters. The number of aliphatic carboxylic acids is 1. The zero-order valence-corrected chi connectivity index (χ0v) is 15.5. The molecule has 28 heavy (non-hydrogen) atoms. The van der Waals surface area contributed by atoms with Crippen LogP contribution >= 0.6 is 0 Å². The number of carbonyl (C=O) groups is 2. The van der Waals surface area contributed by atoms with E-state index >= 15 is 0 Å². The normalized spacial score (nSPS) is 16.0. The average molecular weight is 384 g/mol. The van der Waals surface area contributed by atoms with E-state index in [0.29, 0.717) is 23.4 Å². The highest BCUT2D eigenvalue weighted by Crippen LogP contribution is 2.35. The quantitative estimate of drug-likeness (QED) is 0.788. The topological polar surface area (TPSA) is 79.2 Å². The predicted molar refractivity (Wildman–Crippen MR) is 102 cm³/mol. The number of amides is 1. The molecule has 6 nitrogen and oxygen atoms in total. The summed E-state index contributed by atoms with van der Waals surface area (Å²) in [6.07, 6.45) is 0.523. The molecule has 0 spiro atoms. The summed E-state index contributed by atoms with van der Waals surface area (Å²) in [5.41, 5.74) is 1.88. The zero-order valence-electron chi connectivity index (χ0n) is 15.5. The zero-order chi connectivity index (χ0) is 20.1. The Bertz CT molecular complexity index is 896. The van der Waals surface area contributed by atoms with Gasteiger partial charge in [0.1, 0.15) is 11.6 Å². The minimum atomic E-state index is -0.956. The number of hydrogen-bond acceptors (Lipinski definition) is 4. The largest absolute Gasteiger partial charge is 0.497 e. The number of hydrazone groups is 1. The first kappa shape index (κ1) is 19.5. The molecular weight excluding hydrogens is 363 g/mol. The van der Waals surface area contributed by atoms with Gasteiger partial charge in [-0.15, -0.1) is 0 Å². The van der Waals surface area contributed by atoms with Crippen LogP contribution in [0, 0.1) is 5.82 Å². The number of methoxy groups -OCH3 is 1. The van der Waals surface area contributed by atoms with E-state index in [1.807, 2.05) is 12.1 Å². The van der Waals surface area contributed by atoms with Gasteiger partial charge in [-0.25, -0.2) is 9.40 Å². The number of ether oxygens (including phenoxy) is 1. The van der Waals surface area contributed by atoms with Crippen molar-refractivity contribution in [1.29, 1.82) is 0 Å². The monoisotopic (exact) mass is 384 g/mol. The Kier molecular flexibility index (Phi) is 6.03. The van der Waals surface area contributed by atoms with Crippen molar-refractivity contribution in [3.05, 3.63) is 65.5 Å². The molecule has 0 bridgehead atoms. The number of carbonyl (C=O) groups excluding carboxylic acids is 1. The van der Waals surface area contributed by atoms with E-state index in [1.54, 1.807) is 37.4 Å². The smallest absolute Gasteiger partial charge is 0.303 e. The number of rotatable bonds is 7. The van der Waals surface area contributed by atoms with E-state index in [0.717, 1.165) is 5.56 Å². The first-order valence-electron chi connectivity index (χ1n) is 8.99. The standard InChI is InChI=1S/C21H21FN2O4/c1-28-15-11-9-14(10-12-15)18-13-19(16-5-2-3-6-17(16)22)24(23-18)20(25)7-4-8-21(26)27/h2-3,5-6,9-12,19H,4,7-8,13H2,1H3,(H,26,27). The van der Waals surface area contributed by atoms with Gasteiger partial charge in [-0.2, -0.15) is 5.10 Å². The molecule has 1 aliphatic heterocycles. The van der Waals surface area contributed by atoms with Crippen LogP contribution in [-0.2, 0) is 9.59 Å². The lowest BCUT2D eigenvalue weighted by Crippen LogP contribution is -2.27. The third kappa shape index (κ3) is 4.36. The van der Waals surface area contributed by atoms with E-state index in [-0.39, 0.29) is 25.2 Å². The van der Waals surface area contributed by atoms with Gasteiger partial charge in [0.25, 0.3) is 0 Å². The summed E-state index contributed by atoms with van der Waals surface area (Å²) in [5, 5.41) is 14.5. The predicted octanol–water partition coefficient (Wildman–Crippen LogP) is 3.77. The lowest BCUT2D eigenvalue weighted by atomic mass is 9.97. The maximum absolute atomic E-state index is 14.4. The summed E-state index contributed by atoms with van der Waals surface area (Å²) in [6.45, 7) is 0. The van der Waals surface area contributed by atoms with E-state index < -0.39 is 17.8 Å². The van der Waals surface area contributed by atoms with Gasteiger partial charge in [0.05, 0.1) is 18.9 Å². The van der Waals surface area contributed by atoms with Crippen molar-refractivity contribution in [1.82, 2.24) is 5.01 Å². The molecule has 146 valence electrons. The molecule has 1 N–H and O–H groups in total. The summed E-state index contributed by atoms with van der Waals surface area (Å²) >= 11 is 0.